The highest BCUT2D eigenvalue weighted by molar-refractivity contribution is 5.90. The van der Waals surface area contributed by atoms with Crippen molar-refractivity contribution in [3.8, 4) is 0 Å². The van der Waals surface area contributed by atoms with Gasteiger partial charge in [0.25, 0.3) is 0 Å². The molecule has 0 aliphatic carbocycles. The van der Waals surface area contributed by atoms with Crippen LogP contribution in [0.2, 0.25) is 0 Å². The minimum atomic E-state index is -1.21. The smallest absolute Gasteiger partial charge is 0.338 e. The summed E-state index contributed by atoms with van der Waals surface area (Å²) in [5, 5.41) is 10.3. The van der Waals surface area contributed by atoms with Crippen molar-refractivity contribution in [1.29, 1.82) is 0 Å². The standard InChI is InChI=1S/C20H20O7/c1-24-20-16(21)17(27-19(23)14-10-6-3-7-11-14)15(26-20)12-25-18(22)13-8-4-2-5-9-13/h2-11,15-17,20-21H,12H2,1H3/t15-,16?,17?,20-/m1/s1. The van der Waals surface area contributed by atoms with Gasteiger partial charge in [-0.3, -0.25) is 0 Å². The van der Waals surface area contributed by atoms with Crippen molar-refractivity contribution in [1.82, 2.24) is 0 Å². The predicted molar refractivity (Wildman–Crippen MR) is 94.0 cm³/mol. The first-order valence-electron chi connectivity index (χ1n) is 8.44. The number of esters is 2. The van der Waals surface area contributed by atoms with E-state index in [0.29, 0.717) is 11.1 Å². The van der Waals surface area contributed by atoms with Gasteiger partial charge in [-0.1, -0.05) is 36.4 Å². The Labute approximate surface area is 156 Å². The summed E-state index contributed by atoms with van der Waals surface area (Å²) in [4.78, 5) is 24.4. The Morgan fingerprint density at radius 3 is 2.07 bits per heavy atom. The highest BCUT2D eigenvalue weighted by Gasteiger charge is 2.47. The van der Waals surface area contributed by atoms with Crippen LogP contribution in [0.3, 0.4) is 0 Å². The van der Waals surface area contributed by atoms with Crippen LogP contribution in [0, 0.1) is 0 Å². The van der Waals surface area contributed by atoms with E-state index >= 15 is 0 Å². The number of aliphatic hydroxyl groups is 1. The maximum Gasteiger partial charge on any atom is 0.338 e. The van der Waals surface area contributed by atoms with Crippen LogP contribution in [-0.4, -0.2) is 55.4 Å². The second-order valence-corrected chi connectivity index (χ2v) is 5.97. The molecule has 2 aromatic carbocycles. The fraction of sp³-hybridized carbons (Fsp3) is 0.300. The van der Waals surface area contributed by atoms with E-state index in [2.05, 4.69) is 0 Å². The average Bonchev–Trinajstić information content (AvgIpc) is 3.02. The van der Waals surface area contributed by atoms with Gasteiger partial charge in [0.1, 0.15) is 18.8 Å². The van der Waals surface area contributed by atoms with Crippen molar-refractivity contribution in [3.05, 3.63) is 71.8 Å². The summed E-state index contributed by atoms with van der Waals surface area (Å²) in [6, 6.07) is 16.9. The van der Waals surface area contributed by atoms with Crippen LogP contribution in [0.1, 0.15) is 20.7 Å². The van der Waals surface area contributed by atoms with Crippen molar-refractivity contribution < 1.29 is 33.6 Å². The normalized spacial score (nSPS) is 24.4. The summed E-state index contributed by atoms with van der Waals surface area (Å²) in [7, 11) is 1.36. The molecule has 1 N–H and O–H groups in total. The van der Waals surface area contributed by atoms with Gasteiger partial charge >= 0.3 is 11.9 Å². The summed E-state index contributed by atoms with van der Waals surface area (Å²) in [5.74, 6) is -1.15. The number of hydrogen-bond donors (Lipinski definition) is 1. The lowest BCUT2D eigenvalue weighted by Gasteiger charge is -2.20. The Kier molecular flexibility index (Phi) is 6.18. The first-order valence-corrected chi connectivity index (χ1v) is 8.44. The Balaban J connectivity index is 1.66. The van der Waals surface area contributed by atoms with E-state index < -0.39 is 36.5 Å². The Morgan fingerprint density at radius 2 is 1.52 bits per heavy atom. The lowest BCUT2D eigenvalue weighted by Crippen LogP contribution is -2.39. The largest absolute Gasteiger partial charge is 0.459 e. The fourth-order valence-electron chi connectivity index (χ4n) is 2.76. The van der Waals surface area contributed by atoms with Crippen LogP contribution < -0.4 is 0 Å². The van der Waals surface area contributed by atoms with Crippen molar-refractivity contribution in [2.75, 3.05) is 13.7 Å². The molecule has 3 rings (SSSR count). The molecule has 1 heterocycles. The molecular weight excluding hydrogens is 352 g/mol. The maximum atomic E-state index is 12.3. The Morgan fingerprint density at radius 1 is 0.963 bits per heavy atom. The number of ether oxygens (including phenoxy) is 4. The number of carbonyl (C=O) groups excluding carboxylic acids is 2. The van der Waals surface area contributed by atoms with Crippen molar-refractivity contribution in [3.63, 3.8) is 0 Å². The van der Waals surface area contributed by atoms with E-state index in [1.54, 1.807) is 60.7 Å². The average molecular weight is 372 g/mol. The zero-order chi connectivity index (χ0) is 19.2. The lowest BCUT2D eigenvalue weighted by atomic mass is 10.1. The van der Waals surface area contributed by atoms with Gasteiger partial charge in [0, 0.05) is 7.11 Å². The monoisotopic (exact) mass is 372 g/mol. The molecule has 1 saturated heterocycles. The maximum absolute atomic E-state index is 12.3. The van der Waals surface area contributed by atoms with Crippen LogP contribution in [0.5, 0.6) is 0 Å². The molecule has 7 heteroatoms. The van der Waals surface area contributed by atoms with Crippen LogP contribution >= 0.6 is 0 Å². The van der Waals surface area contributed by atoms with Gasteiger partial charge in [-0.2, -0.15) is 0 Å². The van der Waals surface area contributed by atoms with Crippen LogP contribution in [0.25, 0.3) is 0 Å². The van der Waals surface area contributed by atoms with Gasteiger partial charge in [-0.25, -0.2) is 9.59 Å². The molecule has 27 heavy (non-hydrogen) atoms. The minimum Gasteiger partial charge on any atom is -0.459 e. The summed E-state index contributed by atoms with van der Waals surface area (Å²) in [5.41, 5.74) is 0.725. The number of hydrogen-bond acceptors (Lipinski definition) is 7. The van der Waals surface area contributed by atoms with Crippen molar-refractivity contribution in [2.24, 2.45) is 0 Å². The molecule has 1 fully saturated rings. The predicted octanol–water partition coefficient (Wildman–Crippen LogP) is 1.80. The zero-order valence-corrected chi connectivity index (χ0v) is 14.7. The molecule has 2 unspecified atom stereocenters. The summed E-state index contributed by atoms with van der Waals surface area (Å²) < 4.78 is 21.2. The molecule has 0 radical (unpaired) electrons. The van der Waals surface area contributed by atoms with E-state index in [-0.39, 0.29) is 6.61 Å². The third kappa shape index (κ3) is 4.51. The first-order chi connectivity index (χ1) is 13.1. The highest BCUT2D eigenvalue weighted by Crippen LogP contribution is 2.26. The van der Waals surface area contributed by atoms with E-state index in [1.165, 1.54) is 7.11 Å². The highest BCUT2D eigenvalue weighted by atomic mass is 16.7. The topological polar surface area (TPSA) is 91.3 Å². The van der Waals surface area contributed by atoms with Gasteiger partial charge in [0.05, 0.1) is 11.1 Å². The lowest BCUT2D eigenvalue weighted by molar-refractivity contribution is -0.153. The fourth-order valence-corrected chi connectivity index (χ4v) is 2.76. The van der Waals surface area contributed by atoms with Crippen LogP contribution in [0.4, 0.5) is 0 Å². The third-order valence-electron chi connectivity index (χ3n) is 4.16. The summed E-state index contributed by atoms with van der Waals surface area (Å²) >= 11 is 0. The number of benzene rings is 2. The van der Waals surface area contributed by atoms with E-state index in [1.807, 2.05) is 0 Å². The molecule has 1 aliphatic heterocycles. The Hall–Kier alpha value is -2.74. The molecular formula is C20H20O7. The number of rotatable bonds is 6. The molecule has 1 aliphatic rings. The second-order valence-electron chi connectivity index (χ2n) is 5.97. The molecule has 0 bridgehead atoms. The van der Waals surface area contributed by atoms with Gasteiger partial charge in [-0.15, -0.1) is 0 Å². The quantitative estimate of drug-likeness (QED) is 0.773. The minimum absolute atomic E-state index is 0.197. The van der Waals surface area contributed by atoms with E-state index in [4.69, 9.17) is 18.9 Å². The molecule has 4 atom stereocenters. The van der Waals surface area contributed by atoms with E-state index in [9.17, 15) is 14.7 Å². The molecule has 7 nitrogen and oxygen atoms in total. The molecule has 0 aromatic heterocycles. The third-order valence-corrected chi connectivity index (χ3v) is 4.16. The van der Waals surface area contributed by atoms with Gasteiger partial charge in [0.15, 0.2) is 12.4 Å². The zero-order valence-electron chi connectivity index (χ0n) is 14.7. The summed E-state index contributed by atoms with van der Waals surface area (Å²) in [6.07, 6.45) is -4.08. The van der Waals surface area contributed by atoms with E-state index in [0.717, 1.165) is 0 Å². The van der Waals surface area contributed by atoms with Gasteiger partial charge in [-0.05, 0) is 24.3 Å². The number of carbonyl (C=O) groups is 2. The van der Waals surface area contributed by atoms with Gasteiger partial charge in [0.2, 0.25) is 0 Å². The number of methoxy groups -OCH3 is 1. The SMILES string of the molecule is CO[C@@H]1O[C@H](COC(=O)c2ccccc2)C(OC(=O)c2ccccc2)C1O. The molecule has 0 spiro atoms. The van der Waals surface area contributed by atoms with Crippen LogP contribution in [0.15, 0.2) is 60.7 Å². The summed E-state index contributed by atoms with van der Waals surface area (Å²) in [6.45, 7) is -0.197. The first kappa shape index (κ1) is 19.0. The van der Waals surface area contributed by atoms with Crippen molar-refractivity contribution >= 4 is 11.9 Å². The van der Waals surface area contributed by atoms with Crippen LogP contribution in [-0.2, 0) is 18.9 Å². The Bertz CT molecular complexity index is 762. The van der Waals surface area contributed by atoms with Gasteiger partial charge < -0.3 is 24.1 Å². The molecule has 0 saturated carbocycles. The molecule has 142 valence electrons. The molecule has 2 aromatic rings. The molecule has 0 amide bonds. The second kappa shape index (κ2) is 8.77. The van der Waals surface area contributed by atoms with Crippen molar-refractivity contribution in [2.45, 2.75) is 24.6 Å². The number of aliphatic hydroxyl groups excluding tert-OH is 1.